The minimum absolute atomic E-state index is 0.529. The first-order valence-corrected chi connectivity index (χ1v) is 5.85. The summed E-state index contributed by atoms with van der Waals surface area (Å²) in [4.78, 5) is 6.71. The van der Waals surface area contributed by atoms with Crippen LogP contribution in [-0.2, 0) is 6.42 Å². The second-order valence-electron chi connectivity index (χ2n) is 4.80. The lowest BCUT2D eigenvalue weighted by Gasteiger charge is -2.45. The molecule has 0 amide bonds. The van der Waals surface area contributed by atoms with Crippen molar-refractivity contribution in [3.05, 3.63) is 11.1 Å². The highest BCUT2D eigenvalue weighted by Crippen LogP contribution is 2.28. The van der Waals surface area contributed by atoms with E-state index in [4.69, 9.17) is 5.73 Å². The SMILES string of the molecule is CC1(C)CN(CCc2csc(N)n2)C1. The fourth-order valence-electron chi connectivity index (χ4n) is 2.03. The van der Waals surface area contributed by atoms with Crippen LogP contribution in [0.4, 0.5) is 5.13 Å². The predicted octanol–water partition coefficient (Wildman–Crippen LogP) is 1.61. The molecule has 1 aliphatic heterocycles. The summed E-state index contributed by atoms with van der Waals surface area (Å²) in [5.74, 6) is 0. The molecule has 2 N–H and O–H groups in total. The van der Waals surface area contributed by atoms with Crippen molar-refractivity contribution in [2.45, 2.75) is 20.3 Å². The molecule has 1 aromatic rings. The van der Waals surface area contributed by atoms with E-state index in [0.717, 1.165) is 18.7 Å². The monoisotopic (exact) mass is 211 g/mol. The summed E-state index contributed by atoms with van der Waals surface area (Å²) in [6.07, 6.45) is 1.03. The van der Waals surface area contributed by atoms with E-state index in [1.165, 1.54) is 24.4 Å². The Bertz CT molecular complexity index is 311. The molecule has 4 heteroatoms. The van der Waals surface area contributed by atoms with Crippen LogP contribution in [0.1, 0.15) is 19.5 Å². The first kappa shape index (κ1) is 9.93. The summed E-state index contributed by atoms with van der Waals surface area (Å²) in [7, 11) is 0. The predicted molar refractivity (Wildman–Crippen MR) is 60.5 cm³/mol. The highest BCUT2D eigenvalue weighted by molar-refractivity contribution is 7.13. The van der Waals surface area contributed by atoms with Gasteiger partial charge in [0.15, 0.2) is 5.13 Å². The van der Waals surface area contributed by atoms with Crippen LogP contribution in [0.5, 0.6) is 0 Å². The Kier molecular flexibility index (Phi) is 2.49. The second kappa shape index (κ2) is 3.51. The molecule has 1 fully saturated rings. The molecule has 0 aliphatic carbocycles. The van der Waals surface area contributed by atoms with Gasteiger partial charge in [0.05, 0.1) is 5.69 Å². The number of rotatable bonds is 3. The normalized spacial score (nSPS) is 20.7. The van der Waals surface area contributed by atoms with Gasteiger partial charge in [-0.1, -0.05) is 13.8 Å². The average Bonchev–Trinajstić information content (AvgIpc) is 2.44. The van der Waals surface area contributed by atoms with Crippen molar-refractivity contribution in [3.63, 3.8) is 0 Å². The van der Waals surface area contributed by atoms with Gasteiger partial charge >= 0.3 is 0 Å². The molecule has 2 heterocycles. The number of likely N-dealkylation sites (tertiary alicyclic amines) is 1. The van der Waals surface area contributed by atoms with Gasteiger partial charge in [0.2, 0.25) is 0 Å². The Balaban J connectivity index is 1.74. The molecule has 1 aromatic heterocycles. The molecule has 1 aliphatic rings. The maximum Gasteiger partial charge on any atom is 0.180 e. The fraction of sp³-hybridized carbons (Fsp3) is 0.700. The molecule has 3 nitrogen and oxygen atoms in total. The van der Waals surface area contributed by atoms with E-state index in [9.17, 15) is 0 Å². The Morgan fingerprint density at radius 2 is 2.29 bits per heavy atom. The lowest BCUT2D eigenvalue weighted by Crippen LogP contribution is -2.53. The molecule has 0 atom stereocenters. The van der Waals surface area contributed by atoms with E-state index < -0.39 is 0 Å². The maximum absolute atomic E-state index is 5.57. The lowest BCUT2D eigenvalue weighted by molar-refractivity contribution is 0.0323. The van der Waals surface area contributed by atoms with Crippen LogP contribution in [0.3, 0.4) is 0 Å². The van der Waals surface area contributed by atoms with E-state index in [1.54, 1.807) is 0 Å². The van der Waals surface area contributed by atoms with Crippen molar-refractivity contribution in [1.82, 2.24) is 9.88 Å². The van der Waals surface area contributed by atoms with Gasteiger partial charge in [0, 0.05) is 31.4 Å². The van der Waals surface area contributed by atoms with Gasteiger partial charge in [-0.25, -0.2) is 4.98 Å². The maximum atomic E-state index is 5.57. The summed E-state index contributed by atoms with van der Waals surface area (Å²) in [6, 6.07) is 0. The van der Waals surface area contributed by atoms with Crippen molar-refractivity contribution in [3.8, 4) is 0 Å². The molecule has 0 saturated carbocycles. The van der Waals surface area contributed by atoms with Gasteiger partial charge in [-0.15, -0.1) is 11.3 Å². The van der Waals surface area contributed by atoms with Crippen molar-refractivity contribution >= 4 is 16.5 Å². The van der Waals surface area contributed by atoms with Crippen LogP contribution >= 0.6 is 11.3 Å². The molecule has 0 bridgehead atoms. The van der Waals surface area contributed by atoms with Crippen LogP contribution in [0.15, 0.2) is 5.38 Å². The van der Waals surface area contributed by atoms with Crippen LogP contribution in [0, 0.1) is 5.41 Å². The molecular weight excluding hydrogens is 194 g/mol. The summed E-state index contributed by atoms with van der Waals surface area (Å²) in [6.45, 7) is 8.17. The van der Waals surface area contributed by atoms with E-state index in [1.807, 2.05) is 0 Å². The van der Waals surface area contributed by atoms with Crippen LogP contribution in [-0.4, -0.2) is 29.5 Å². The van der Waals surface area contributed by atoms with Crippen LogP contribution < -0.4 is 5.73 Å². The van der Waals surface area contributed by atoms with Crippen molar-refractivity contribution < 1.29 is 0 Å². The lowest BCUT2D eigenvalue weighted by atomic mass is 9.84. The first-order valence-electron chi connectivity index (χ1n) is 4.97. The number of nitrogens with zero attached hydrogens (tertiary/aromatic N) is 2. The van der Waals surface area contributed by atoms with Crippen LogP contribution in [0.2, 0.25) is 0 Å². The summed E-state index contributed by atoms with van der Waals surface area (Å²) in [5.41, 5.74) is 7.23. The Morgan fingerprint density at radius 1 is 1.57 bits per heavy atom. The van der Waals surface area contributed by atoms with Gasteiger partial charge in [-0.3, -0.25) is 0 Å². The fourth-order valence-corrected chi connectivity index (χ4v) is 2.63. The molecule has 0 aromatic carbocycles. The molecule has 0 spiro atoms. The average molecular weight is 211 g/mol. The van der Waals surface area contributed by atoms with E-state index in [2.05, 4.69) is 29.1 Å². The number of aromatic nitrogens is 1. The molecule has 1 saturated heterocycles. The van der Waals surface area contributed by atoms with E-state index in [-0.39, 0.29) is 0 Å². The number of hydrogen-bond acceptors (Lipinski definition) is 4. The quantitative estimate of drug-likeness (QED) is 0.826. The zero-order chi connectivity index (χ0) is 10.2. The topological polar surface area (TPSA) is 42.1 Å². The number of thiazole rings is 1. The van der Waals surface area contributed by atoms with E-state index in [0.29, 0.717) is 10.5 Å². The first-order chi connectivity index (χ1) is 6.55. The summed E-state index contributed by atoms with van der Waals surface area (Å²) < 4.78 is 0. The summed E-state index contributed by atoms with van der Waals surface area (Å²) in [5, 5.41) is 2.74. The van der Waals surface area contributed by atoms with Crippen molar-refractivity contribution in [2.24, 2.45) is 5.41 Å². The third-order valence-corrected chi connectivity index (χ3v) is 3.28. The standard InChI is InChI=1S/C10H17N3S/c1-10(2)6-13(7-10)4-3-8-5-14-9(11)12-8/h5H,3-4,6-7H2,1-2H3,(H2,11,12). The van der Waals surface area contributed by atoms with Gasteiger partial charge in [0.25, 0.3) is 0 Å². The van der Waals surface area contributed by atoms with E-state index >= 15 is 0 Å². The third-order valence-electron chi connectivity index (χ3n) is 2.56. The summed E-state index contributed by atoms with van der Waals surface area (Å²) >= 11 is 1.53. The van der Waals surface area contributed by atoms with Gasteiger partial charge in [-0.2, -0.15) is 0 Å². The highest BCUT2D eigenvalue weighted by atomic mass is 32.1. The largest absolute Gasteiger partial charge is 0.375 e. The number of nitrogens with two attached hydrogens (primary N) is 1. The van der Waals surface area contributed by atoms with Gasteiger partial charge < -0.3 is 10.6 Å². The van der Waals surface area contributed by atoms with Gasteiger partial charge in [0.1, 0.15) is 0 Å². The molecule has 0 unspecified atom stereocenters. The number of nitrogen functional groups attached to an aromatic ring is 1. The zero-order valence-corrected chi connectivity index (χ0v) is 9.60. The minimum atomic E-state index is 0.529. The Hall–Kier alpha value is -0.610. The zero-order valence-electron chi connectivity index (χ0n) is 8.79. The van der Waals surface area contributed by atoms with Crippen molar-refractivity contribution in [2.75, 3.05) is 25.4 Å². The smallest absolute Gasteiger partial charge is 0.180 e. The minimum Gasteiger partial charge on any atom is -0.375 e. The van der Waals surface area contributed by atoms with Crippen LogP contribution in [0.25, 0.3) is 0 Å². The Morgan fingerprint density at radius 3 is 2.79 bits per heavy atom. The number of anilines is 1. The molecule has 14 heavy (non-hydrogen) atoms. The number of hydrogen-bond donors (Lipinski definition) is 1. The second-order valence-corrected chi connectivity index (χ2v) is 5.69. The van der Waals surface area contributed by atoms with Gasteiger partial charge in [-0.05, 0) is 5.41 Å². The molecule has 78 valence electrons. The molecule has 2 rings (SSSR count). The Labute approximate surface area is 88.9 Å². The molecule has 0 radical (unpaired) electrons. The highest BCUT2D eigenvalue weighted by Gasteiger charge is 2.33. The third kappa shape index (κ3) is 2.25. The molecular formula is C10H17N3S. The van der Waals surface area contributed by atoms with Crippen molar-refractivity contribution in [1.29, 1.82) is 0 Å².